The van der Waals surface area contributed by atoms with Gasteiger partial charge in [0.1, 0.15) is 5.75 Å². The van der Waals surface area contributed by atoms with Gasteiger partial charge < -0.3 is 15.8 Å². The van der Waals surface area contributed by atoms with E-state index in [-0.39, 0.29) is 12.1 Å². The zero-order chi connectivity index (χ0) is 18.0. The third-order valence-electron chi connectivity index (χ3n) is 4.32. The van der Waals surface area contributed by atoms with Crippen LogP contribution in [0.1, 0.15) is 23.6 Å². The van der Waals surface area contributed by atoms with Crippen LogP contribution in [0.15, 0.2) is 47.6 Å². The van der Waals surface area contributed by atoms with Crippen LogP contribution < -0.4 is 15.8 Å². The normalized spacial score (nSPS) is 16.5. The first-order valence-corrected chi connectivity index (χ1v) is 8.16. The minimum Gasteiger partial charge on any atom is -0.497 e. The molecule has 2 aromatic rings. The fourth-order valence-corrected chi connectivity index (χ4v) is 2.96. The van der Waals surface area contributed by atoms with Gasteiger partial charge in [-0.1, -0.05) is 18.2 Å². The molecule has 3 rings (SSSR count). The van der Waals surface area contributed by atoms with Crippen LogP contribution in [-0.2, 0) is 6.42 Å². The van der Waals surface area contributed by atoms with E-state index in [1.807, 2.05) is 49.4 Å². The lowest BCUT2D eigenvalue weighted by Gasteiger charge is -2.22. The third kappa shape index (κ3) is 3.28. The number of nitrogens with one attached hydrogen (secondary N) is 1. The fraction of sp³-hybridized carbons (Fsp3) is 0.263. The zero-order valence-corrected chi connectivity index (χ0v) is 14.6. The van der Waals surface area contributed by atoms with Crippen LogP contribution >= 0.6 is 0 Å². The topological polar surface area (TPSA) is 80.0 Å². The molecule has 6 heteroatoms. The van der Waals surface area contributed by atoms with Crippen LogP contribution in [0.3, 0.4) is 0 Å². The number of urea groups is 1. The highest BCUT2D eigenvalue weighted by molar-refractivity contribution is 6.14. The van der Waals surface area contributed by atoms with E-state index in [0.29, 0.717) is 12.1 Å². The van der Waals surface area contributed by atoms with E-state index in [1.54, 1.807) is 14.2 Å². The van der Waals surface area contributed by atoms with Gasteiger partial charge in [0.15, 0.2) is 0 Å². The average molecular weight is 338 g/mol. The van der Waals surface area contributed by atoms with Crippen LogP contribution in [0.2, 0.25) is 0 Å². The van der Waals surface area contributed by atoms with Crippen LogP contribution in [0.4, 0.5) is 10.5 Å². The van der Waals surface area contributed by atoms with Gasteiger partial charge in [0.25, 0.3) is 0 Å². The highest BCUT2D eigenvalue weighted by Crippen LogP contribution is 2.27. The van der Waals surface area contributed by atoms with Gasteiger partial charge in [0.05, 0.1) is 18.9 Å². The zero-order valence-electron chi connectivity index (χ0n) is 14.6. The number of nitrogens with zero attached hydrogens (tertiary/aromatic N) is 2. The van der Waals surface area contributed by atoms with Crippen molar-refractivity contribution in [3.8, 4) is 5.75 Å². The molecule has 0 spiro atoms. The molecular weight excluding hydrogens is 316 g/mol. The lowest BCUT2D eigenvalue weighted by molar-refractivity contribution is 0.184. The fourth-order valence-electron chi connectivity index (χ4n) is 2.96. The van der Waals surface area contributed by atoms with Gasteiger partial charge in [0.2, 0.25) is 0 Å². The van der Waals surface area contributed by atoms with Gasteiger partial charge in [-0.05, 0) is 43.2 Å². The first kappa shape index (κ1) is 16.8. The van der Waals surface area contributed by atoms with E-state index in [9.17, 15) is 4.79 Å². The summed E-state index contributed by atoms with van der Waals surface area (Å²) in [5, 5.41) is 8.84. The standard InChI is InChI=1S/C19H22N4O2/c1-12-10-14-6-9-16(25-3)11-17(14)18(22-23(12)19(24)21-2)13-4-7-15(20)8-5-13/h4-9,11-12H,10,20H2,1-3H3,(H,21,24). The molecule has 0 aliphatic carbocycles. The molecule has 1 aliphatic heterocycles. The maximum Gasteiger partial charge on any atom is 0.337 e. The largest absolute Gasteiger partial charge is 0.497 e. The first-order chi connectivity index (χ1) is 12.0. The van der Waals surface area contributed by atoms with E-state index in [2.05, 4.69) is 10.4 Å². The van der Waals surface area contributed by atoms with Gasteiger partial charge in [-0.2, -0.15) is 5.10 Å². The Balaban J connectivity index is 2.20. The molecule has 3 N–H and O–H groups in total. The lowest BCUT2D eigenvalue weighted by atomic mass is 9.94. The Morgan fingerprint density at radius 1 is 1.28 bits per heavy atom. The smallest absolute Gasteiger partial charge is 0.337 e. The molecule has 1 unspecified atom stereocenters. The van der Waals surface area contributed by atoms with E-state index in [0.717, 1.165) is 28.2 Å². The van der Waals surface area contributed by atoms with Crippen molar-refractivity contribution < 1.29 is 9.53 Å². The Morgan fingerprint density at radius 2 is 2.00 bits per heavy atom. The second-order valence-electron chi connectivity index (χ2n) is 6.05. The van der Waals surface area contributed by atoms with Crippen molar-refractivity contribution >= 4 is 17.4 Å². The third-order valence-corrected chi connectivity index (χ3v) is 4.32. The highest BCUT2D eigenvalue weighted by atomic mass is 16.5. The number of methoxy groups -OCH3 is 1. The summed E-state index contributed by atoms with van der Waals surface area (Å²) in [6.07, 6.45) is 0.703. The molecule has 0 radical (unpaired) electrons. The predicted molar refractivity (Wildman–Crippen MR) is 98.9 cm³/mol. The summed E-state index contributed by atoms with van der Waals surface area (Å²) < 4.78 is 5.38. The molecule has 0 aromatic heterocycles. The number of benzene rings is 2. The van der Waals surface area contributed by atoms with Crippen LogP contribution in [0.25, 0.3) is 0 Å². The maximum atomic E-state index is 12.3. The van der Waals surface area contributed by atoms with Crippen molar-refractivity contribution in [2.45, 2.75) is 19.4 Å². The summed E-state index contributed by atoms with van der Waals surface area (Å²) in [6, 6.07) is 13.1. The van der Waals surface area contributed by atoms with Crippen molar-refractivity contribution in [1.82, 2.24) is 10.3 Å². The average Bonchev–Trinajstić information content (AvgIpc) is 2.77. The van der Waals surface area contributed by atoms with E-state index >= 15 is 0 Å². The van der Waals surface area contributed by atoms with Crippen LogP contribution in [0.5, 0.6) is 5.75 Å². The Labute approximate surface area is 147 Å². The lowest BCUT2D eigenvalue weighted by Crippen LogP contribution is -2.41. The number of nitrogen functional groups attached to an aromatic ring is 1. The van der Waals surface area contributed by atoms with Crippen LogP contribution in [-0.4, -0.2) is 37.0 Å². The minimum absolute atomic E-state index is 0.0709. The molecule has 25 heavy (non-hydrogen) atoms. The second-order valence-corrected chi connectivity index (χ2v) is 6.05. The number of hydrogen-bond acceptors (Lipinski definition) is 4. The van der Waals surface area contributed by atoms with Crippen molar-refractivity contribution in [2.75, 3.05) is 19.9 Å². The predicted octanol–water partition coefficient (Wildman–Crippen LogP) is 2.62. The number of ether oxygens (including phenoxy) is 1. The summed E-state index contributed by atoms with van der Waals surface area (Å²) in [5.41, 5.74) is 10.2. The molecule has 0 saturated heterocycles. The molecule has 1 aliphatic rings. The van der Waals surface area contributed by atoms with Crippen molar-refractivity contribution in [3.63, 3.8) is 0 Å². The van der Waals surface area contributed by atoms with Gasteiger partial charge >= 0.3 is 6.03 Å². The number of hydrogen-bond donors (Lipinski definition) is 2. The number of carbonyl (C=O) groups excluding carboxylic acids is 1. The molecule has 1 heterocycles. The summed E-state index contributed by atoms with van der Waals surface area (Å²) in [4.78, 5) is 12.3. The Morgan fingerprint density at radius 3 is 2.64 bits per heavy atom. The number of fused-ring (bicyclic) bond motifs is 1. The molecule has 0 bridgehead atoms. The molecule has 2 amide bonds. The number of rotatable bonds is 2. The Kier molecular flexibility index (Phi) is 4.61. The summed E-state index contributed by atoms with van der Waals surface area (Å²) in [5.74, 6) is 0.753. The minimum atomic E-state index is -0.236. The number of carbonyl (C=O) groups is 1. The highest BCUT2D eigenvalue weighted by Gasteiger charge is 2.27. The summed E-state index contributed by atoms with van der Waals surface area (Å²) >= 11 is 0. The van der Waals surface area contributed by atoms with Gasteiger partial charge in [-0.25, -0.2) is 9.80 Å². The molecule has 2 aromatic carbocycles. The van der Waals surface area contributed by atoms with Crippen molar-refractivity contribution in [2.24, 2.45) is 5.10 Å². The van der Waals surface area contributed by atoms with Gasteiger partial charge in [-0.15, -0.1) is 0 Å². The van der Waals surface area contributed by atoms with E-state index in [4.69, 9.17) is 10.5 Å². The molecule has 6 nitrogen and oxygen atoms in total. The molecule has 0 saturated carbocycles. The number of nitrogens with two attached hydrogens (primary N) is 1. The SMILES string of the molecule is CNC(=O)N1N=C(c2ccc(N)cc2)c2cc(OC)ccc2CC1C. The second kappa shape index (κ2) is 6.84. The summed E-state index contributed by atoms with van der Waals surface area (Å²) in [7, 11) is 3.24. The quantitative estimate of drug-likeness (QED) is 0.826. The molecule has 0 fully saturated rings. The van der Waals surface area contributed by atoms with Crippen molar-refractivity contribution in [3.05, 3.63) is 59.2 Å². The van der Waals surface area contributed by atoms with Gasteiger partial charge in [0, 0.05) is 23.9 Å². The number of hydrazone groups is 1. The Hall–Kier alpha value is -3.02. The number of amides is 2. The molecule has 1 atom stereocenters. The number of anilines is 1. The monoisotopic (exact) mass is 338 g/mol. The molecular formula is C19H22N4O2. The Bertz CT molecular complexity index is 815. The maximum absolute atomic E-state index is 12.3. The summed E-state index contributed by atoms with van der Waals surface area (Å²) in [6.45, 7) is 1.98. The van der Waals surface area contributed by atoms with Gasteiger partial charge in [-0.3, -0.25) is 0 Å². The first-order valence-electron chi connectivity index (χ1n) is 8.16. The van der Waals surface area contributed by atoms with Crippen molar-refractivity contribution in [1.29, 1.82) is 0 Å². The van der Waals surface area contributed by atoms with E-state index < -0.39 is 0 Å². The van der Waals surface area contributed by atoms with E-state index in [1.165, 1.54) is 5.01 Å². The van der Waals surface area contributed by atoms with Crippen LogP contribution in [0, 0.1) is 0 Å². The molecule has 130 valence electrons.